The van der Waals surface area contributed by atoms with Crippen LogP contribution in [0.2, 0.25) is 0 Å². The van der Waals surface area contributed by atoms with E-state index in [-0.39, 0.29) is 17.3 Å². The van der Waals surface area contributed by atoms with Gasteiger partial charge in [0.25, 0.3) is 5.91 Å². The molecule has 2 aromatic rings. The Morgan fingerprint density at radius 3 is 2.07 bits per heavy atom. The average molecular weight is 422 g/mol. The number of rotatable bonds is 6. The molecule has 0 spiro atoms. The molecule has 0 fully saturated rings. The number of carbonyl (C=O) groups is 3. The van der Waals surface area contributed by atoms with Crippen molar-refractivity contribution >= 4 is 34.8 Å². The van der Waals surface area contributed by atoms with E-state index in [0.717, 1.165) is 12.1 Å². The van der Waals surface area contributed by atoms with Crippen LogP contribution >= 0.6 is 0 Å². The molecule has 10 heteroatoms. The van der Waals surface area contributed by atoms with Crippen LogP contribution in [0.15, 0.2) is 42.5 Å². The monoisotopic (exact) mass is 422 g/mol. The number of amides is 3. The molecule has 0 aliphatic carbocycles. The molecule has 0 aliphatic heterocycles. The highest BCUT2D eigenvalue weighted by atomic mass is 19.4. The van der Waals surface area contributed by atoms with E-state index >= 15 is 0 Å². The van der Waals surface area contributed by atoms with Gasteiger partial charge >= 0.3 is 6.18 Å². The first-order valence-electron chi connectivity index (χ1n) is 8.81. The summed E-state index contributed by atoms with van der Waals surface area (Å²) in [5.41, 5.74) is -0.469. The molecule has 7 nitrogen and oxygen atoms in total. The minimum absolute atomic E-state index is 0.00260. The van der Waals surface area contributed by atoms with Crippen molar-refractivity contribution in [3.05, 3.63) is 53.6 Å². The maximum atomic E-state index is 13.3. The summed E-state index contributed by atoms with van der Waals surface area (Å²) in [6.07, 6.45) is -4.68. The Hall–Kier alpha value is -3.56. The zero-order chi connectivity index (χ0) is 22.5. The molecule has 0 aromatic heterocycles. The first kappa shape index (κ1) is 22.7. The van der Waals surface area contributed by atoms with Gasteiger partial charge in [-0.25, -0.2) is 0 Å². The van der Waals surface area contributed by atoms with Crippen LogP contribution < -0.4 is 16.0 Å². The molecule has 2 aromatic carbocycles. The molecule has 30 heavy (non-hydrogen) atoms. The smallest absolute Gasteiger partial charge is 0.376 e. The minimum Gasteiger partial charge on any atom is -0.376 e. The van der Waals surface area contributed by atoms with E-state index in [0.29, 0.717) is 11.3 Å². The normalized spacial score (nSPS) is 10.9. The molecule has 0 heterocycles. The molecule has 0 saturated carbocycles. The number of hydrogen-bond acceptors (Lipinski definition) is 4. The second kappa shape index (κ2) is 9.29. The van der Waals surface area contributed by atoms with Crippen LogP contribution in [0.4, 0.5) is 30.2 Å². The number of benzene rings is 2. The molecular weight excluding hydrogens is 401 g/mol. The summed E-state index contributed by atoms with van der Waals surface area (Å²) in [6.45, 7) is 0.771. The summed E-state index contributed by atoms with van der Waals surface area (Å²) < 4.78 is 39.9. The van der Waals surface area contributed by atoms with Crippen LogP contribution in [-0.2, 0) is 15.8 Å². The quantitative estimate of drug-likeness (QED) is 0.666. The lowest BCUT2D eigenvalue weighted by Gasteiger charge is -2.16. The fraction of sp³-hybridized carbons (Fsp3) is 0.250. The largest absolute Gasteiger partial charge is 0.418 e. The molecule has 2 rings (SSSR count). The summed E-state index contributed by atoms with van der Waals surface area (Å²) in [6, 6.07) is 9.36. The van der Waals surface area contributed by atoms with E-state index in [2.05, 4.69) is 16.0 Å². The van der Waals surface area contributed by atoms with Crippen LogP contribution in [0.5, 0.6) is 0 Å². The van der Waals surface area contributed by atoms with Crippen LogP contribution in [0.1, 0.15) is 22.8 Å². The Kier molecular flexibility index (Phi) is 7.04. The highest BCUT2D eigenvalue weighted by molar-refractivity contribution is 5.96. The maximum absolute atomic E-state index is 13.3. The predicted octanol–water partition coefficient (Wildman–Crippen LogP) is 3.42. The first-order valence-corrected chi connectivity index (χ1v) is 8.81. The summed E-state index contributed by atoms with van der Waals surface area (Å²) in [5, 5.41) is 7.29. The lowest BCUT2D eigenvalue weighted by molar-refractivity contribution is -0.137. The summed E-state index contributed by atoms with van der Waals surface area (Å²) in [5.74, 6) is -1.26. The van der Waals surface area contributed by atoms with Crippen molar-refractivity contribution in [1.29, 1.82) is 0 Å². The summed E-state index contributed by atoms with van der Waals surface area (Å²) >= 11 is 0. The lowest BCUT2D eigenvalue weighted by atomic mass is 10.1. The Morgan fingerprint density at radius 2 is 1.53 bits per heavy atom. The number of nitrogens with one attached hydrogen (secondary N) is 3. The lowest BCUT2D eigenvalue weighted by Crippen LogP contribution is -2.24. The number of carbonyl (C=O) groups excluding carboxylic acids is 3. The Morgan fingerprint density at radius 1 is 0.933 bits per heavy atom. The molecule has 0 saturated heterocycles. The zero-order valence-electron chi connectivity index (χ0n) is 16.6. The van der Waals surface area contributed by atoms with Gasteiger partial charge in [0, 0.05) is 43.6 Å². The molecule has 0 atom stereocenters. The minimum atomic E-state index is -4.68. The molecule has 0 radical (unpaired) electrons. The van der Waals surface area contributed by atoms with Crippen molar-refractivity contribution in [3.63, 3.8) is 0 Å². The summed E-state index contributed by atoms with van der Waals surface area (Å²) in [4.78, 5) is 36.4. The van der Waals surface area contributed by atoms with Crippen molar-refractivity contribution in [3.8, 4) is 0 Å². The van der Waals surface area contributed by atoms with Crippen LogP contribution in [0, 0.1) is 0 Å². The number of nitrogens with zero attached hydrogens (tertiary/aromatic N) is 1. The van der Waals surface area contributed by atoms with Gasteiger partial charge in [0.15, 0.2) is 0 Å². The van der Waals surface area contributed by atoms with E-state index < -0.39 is 30.1 Å². The van der Waals surface area contributed by atoms with E-state index in [1.807, 2.05) is 0 Å². The first-order chi connectivity index (χ1) is 14.0. The van der Waals surface area contributed by atoms with E-state index in [9.17, 15) is 27.6 Å². The van der Waals surface area contributed by atoms with Crippen LogP contribution in [0.3, 0.4) is 0 Å². The van der Waals surface area contributed by atoms with Gasteiger partial charge in [0.1, 0.15) is 0 Å². The van der Waals surface area contributed by atoms with Gasteiger partial charge < -0.3 is 20.9 Å². The second-order valence-electron chi connectivity index (χ2n) is 6.62. The number of halogens is 3. The van der Waals surface area contributed by atoms with E-state index in [1.165, 1.54) is 42.2 Å². The van der Waals surface area contributed by atoms with Crippen molar-refractivity contribution < 1.29 is 27.6 Å². The molecular formula is C20H21F3N4O3. The fourth-order valence-electron chi connectivity index (χ4n) is 2.55. The van der Waals surface area contributed by atoms with Gasteiger partial charge in [-0.1, -0.05) is 0 Å². The van der Waals surface area contributed by atoms with Crippen molar-refractivity contribution in [2.45, 2.75) is 13.1 Å². The topological polar surface area (TPSA) is 90.5 Å². The van der Waals surface area contributed by atoms with Crippen molar-refractivity contribution in [2.75, 3.05) is 36.6 Å². The molecule has 0 aliphatic rings. The average Bonchev–Trinajstić information content (AvgIpc) is 2.65. The zero-order valence-corrected chi connectivity index (χ0v) is 16.6. The van der Waals surface area contributed by atoms with Gasteiger partial charge in [-0.05, 0) is 42.5 Å². The third-order valence-corrected chi connectivity index (χ3v) is 3.91. The molecule has 3 N–H and O–H groups in total. The number of anilines is 3. The standard InChI is InChI=1S/C20H21F3N4O3/c1-12(28)25-15-8-9-17(16(10-15)20(21,22)23)24-11-18(29)26-14-6-4-13(5-7-14)19(30)27(2)3/h4-10,24H,11H2,1-3H3,(H,25,28)(H,26,29). The maximum Gasteiger partial charge on any atom is 0.418 e. The van der Waals surface area contributed by atoms with Gasteiger partial charge in [-0.3, -0.25) is 14.4 Å². The second-order valence-corrected chi connectivity index (χ2v) is 6.62. The van der Waals surface area contributed by atoms with Gasteiger partial charge in [-0.2, -0.15) is 13.2 Å². The fourth-order valence-corrected chi connectivity index (χ4v) is 2.55. The highest BCUT2D eigenvalue weighted by Gasteiger charge is 2.34. The summed E-state index contributed by atoms with van der Waals surface area (Å²) in [7, 11) is 3.23. The van der Waals surface area contributed by atoms with Crippen LogP contribution in [-0.4, -0.2) is 43.3 Å². The molecule has 160 valence electrons. The Labute approximate surface area is 171 Å². The van der Waals surface area contributed by atoms with Gasteiger partial charge in [-0.15, -0.1) is 0 Å². The third-order valence-electron chi connectivity index (χ3n) is 3.91. The Balaban J connectivity index is 2.05. The SMILES string of the molecule is CC(=O)Nc1ccc(NCC(=O)Nc2ccc(C(=O)N(C)C)cc2)c(C(F)(F)F)c1. The van der Waals surface area contributed by atoms with Gasteiger partial charge in [0.2, 0.25) is 11.8 Å². The van der Waals surface area contributed by atoms with Crippen molar-refractivity contribution in [2.24, 2.45) is 0 Å². The van der Waals surface area contributed by atoms with Crippen molar-refractivity contribution in [1.82, 2.24) is 4.90 Å². The predicted molar refractivity (Wildman–Crippen MR) is 107 cm³/mol. The molecule has 3 amide bonds. The van der Waals surface area contributed by atoms with E-state index in [1.54, 1.807) is 14.1 Å². The van der Waals surface area contributed by atoms with Crippen LogP contribution in [0.25, 0.3) is 0 Å². The molecule has 0 bridgehead atoms. The van der Waals surface area contributed by atoms with E-state index in [4.69, 9.17) is 0 Å². The third kappa shape index (κ3) is 6.23. The van der Waals surface area contributed by atoms with Gasteiger partial charge in [0.05, 0.1) is 12.1 Å². The molecule has 0 unspecified atom stereocenters. The number of alkyl halides is 3. The number of hydrogen-bond donors (Lipinski definition) is 3. The highest BCUT2D eigenvalue weighted by Crippen LogP contribution is 2.36. The Bertz CT molecular complexity index is 941.